The highest BCUT2D eigenvalue weighted by molar-refractivity contribution is 5.63. The summed E-state index contributed by atoms with van der Waals surface area (Å²) in [7, 11) is 1.60. The molecule has 0 aliphatic heterocycles. The molecule has 2 heteroatoms. The lowest BCUT2D eigenvalue weighted by Gasteiger charge is -2.11. The van der Waals surface area contributed by atoms with E-state index in [1.165, 1.54) is 0 Å². The average Bonchev–Trinajstić information content (AvgIpc) is 2.46. The fourth-order valence-electron chi connectivity index (χ4n) is 1.90. The van der Waals surface area contributed by atoms with Crippen LogP contribution in [-0.2, 0) is 11.2 Å². The number of hydrogen-bond acceptors (Lipinski definition) is 2. The van der Waals surface area contributed by atoms with E-state index < -0.39 is 0 Å². The van der Waals surface area contributed by atoms with Gasteiger partial charge in [-0.25, -0.2) is 0 Å². The van der Waals surface area contributed by atoms with Gasteiger partial charge in [-0.05, 0) is 23.6 Å². The summed E-state index contributed by atoms with van der Waals surface area (Å²) in [6.45, 7) is 0. The van der Waals surface area contributed by atoms with E-state index in [0.29, 0.717) is 12.2 Å². The highest BCUT2D eigenvalue weighted by Gasteiger charge is 2.12. The lowest BCUT2D eigenvalue weighted by molar-refractivity contribution is -0.109. The number of methoxy groups -OCH3 is 1. The highest BCUT2D eigenvalue weighted by atomic mass is 16.5. The van der Waals surface area contributed by atoms with Crippen LogP contribution >= 0.6 is 0 Å². The molecule has 0 saturated carbocycles. The largest absolute Gasteiger partial charge is 0.496 e. The van der Waals surface area contributed by atoms with Crippen LogP contribution in [0.4, 0.5) is 0 Å². The van der Waals surface area contributed by atoms with Crippen LogP contribution in [0.2, 0.25) is 0 Å². The molecule has 0 heterocycles. The number of ether oxygens (including phenoxy) is 1. The second-order valence-corrected chi connectivity index (χ2v) is 4.11. The van der Waals surface area contributed by atoms with Gasteiger partial charge in [-0.1, -0.05) is 42.5 Å². The van der Waals surface area contributed by atoms with Gasteiger partial charge in [0.1, 0.15) is 12.0 Å². The molecule has 2 aromatic rings. The molecule has 2 nitrogen and oxygen atoms in total. The zero-order chi connectivity index (χ0) is 12.8. The standard InChI is InChI=1S/C16H15O2/c1-18-16-9-5-8-14(11-16)15(12-17)10-13-6-3-2-4-7-13/h2-9,12,15H,10H2,1H3. The van der Waals surface area contributed by atoms with Crippen molar-refractivity contribution in [2.75, 3.05) is 7.11 Å². The summed E-state index contributed by atoms with van der Waals surface area (Å²) in [5, 5.41) is 0. The SMILES string of the molecule is COc1[c]c(C(C=O)Cc2ccccc2)ccc1. The first-order valence-electron chi connectivity index (χ1n) is 5.89. The molecule has 0 amide bonds. The van der Waals surface area contributed by atoms with E-state index in [4.69, 9.17) is 4.74 Å². The fraction of sp³-hybridized carbons (Fsp3) is 0.188. The van der Waals surface area contributed by atoms with Gasteiger partial charge in [0.15, 0.2) is 0 Å². The minimum Gasteiger partial charge on any atom is -0.496 e. The lowest BCUT2D eigenvalue weighted by atomic mass is 9.93. The van der Waals surface area contributed by atoms with Crippen molar-refractivity contribution in [1.82, 2.24) is 0 Å². The maximum absolute atomic E-state index is 11.2. The highest BCUT2D eigenvalue weighted by Crippen LogP contribution is 2.22. The van der Waals surface area contributed by atoms with E-state index in [1.54, 1.807) is 7.11 Å². The molecule has 2 rings (SSSR count). The topological polar surface area (TPSA) is 26.3 Å². The van der Waals surface area contributed by atoms with Crippen LogP contribution in [0.5, 0.6) is 5.75 Å². The monoisotopic (exact) mass is 239 g/mol. The van der Waals surface area contributed by atoms with Crippen molar-refractivity contribution in [3.63, 3.8) is 0 Å². The Morgan fingerprint density at radius 2 is 1.94 bits per heavy atom. The molecule has 0 aliphatic rings. The van der Waals surface area contributed by atoms with Crippen molar-refractivity contribution in [2.24, 2.45) is 0 Å². The molecule has 0 spiro atoms. The first-order valence-corrected chi connectivity index (χ1v) is 5.89. The summed E-state index contributed by atoms with van der Waals surface area (Å²) in [5.41, 5.74) is 2.01. The molecule has 0 fully saturated rings. The van der Waals surface area contributed by atoms with Gasteiger partial charge in [0, 0.05) is 12.0 Å². The van der Waals surface area contributed by atoms with Gasteiger partial charge in [-0.3, -0.25) is 0 Å². The predicted octanol–water partition coefficient (Wildman–Crippen LogP) is 3.02. The minimum atomic E-state index is -0.178. The molecular weight excluding hydrogens is 224 g/mol. The third-order valence-electron chi connectivity index (χ3n) is 2.87. The molecule has 1 radical (unpaired) electrons. The van der Waals surface area contributed by atoms with E-state index >= 15 is 0 Å². The molecular formula is C16H15O2. The smallest absolute Gasteiger partial charge is 0.127 e. The van der Waals surface area contributed by atoms with Crippen LogP contribution in [0.3, 0.4) is 0 Å². The van der Waals surface area contributed by atoms with Crippen LogP contribution in [0.15, 0.2) is 48.5 Å². The second kappa shape index (κ2) is 6.01. The van der Waals surface area contributed by atoms with Crippen LogP contribution in [0.1, 0.15) is 17.0 Å². The molecule has 18 heavy (non-hydrogen) atoms. The van der Waals surface area contributed by atoms with Crippen LogP contribution in [0, 0.1) is 6.07 Å². The summed E-state index contributed by atoms with van der Waals surface area (Å²) in [4.78, 5) is 11.2. The Morgan fingerprint density at radius 1 is 1.17 bits per heavy atom. The fourth-order valence-corrected chi connectivity index (χ4v) is 1.90. The van der Waals surface area contributed by atoms with Crippen molar-refractivity contribution in [3.05, 3.63) is 65.7 Å². The Balaban J connectivity index is 2.20. The van der Waals surface area contributed by atoms with Gasteiger partial charge in [0.25, 0.3) is 0 Å². The van der Waals surface area contributed by atoms with Crippen molar-refractivity contribution in [2.45, 2.75) is 12.3 Å². The maximum Gasteiger partial charge on any atom is 0.127 e. The summed E-state index contributed by atoms with van der Waals surface area (Å²) in [6, 6.07) is 18.7. The van der Waals surface area contributed by atoms with Gasteiger partial charge < -0.3 is 9.53 Å². The van der Waals surface area contributed by atoms with E-state index in [1.807, 2.05) is 48.5 Å². The minimum absolute atomic E-state index is 0.178. The molecule has 2 aromatic carbocycles. The molecule has 0 bridgehead atoms. The van der Waals surface area contributed by atoms with Gasteiger partial charge in [-0.15, -0.1) is 0 Å². The Kier molecular flexibility index (Phi) is 4.13. The molecule has 0 aromatic heterocycles. The Morgan fingerprint density at radius 3 is 2.61 bits per heavy atom. The molecule has 0 aliphatic carbocycles. The van der Waals surface area contributed by atoms with E-state index in [0.717, 1.165) is 17.4 Å². The molecule has 1 unspecified atom stereocenters. The number of benzene rings is 2. The zero-order valence-electron chi connectivity index (χ0n) is 10.3. The molecule has 0 saturated heterocycles. The first-order chi connectivity index (χ1) is 8.83. The van der Waals surface area contributed by atoms with Crippen LogP contribution < -0.4 is 4.74 Å². The van der Waals surface area contributed by atoms with Gasteiger partial charge in [0.05, 0.1) is 7.11 Å². The summed E-state index contributed by atoms with van der Waals surface area (Å²) < 4.78 is 5.13. The van der Waals surface area contributed by atoms with Crippen LogP contribution in [0.25, 0.3) is 0 Å². The molecule has 0 N–H and O–H groups in total. The number of carbonyl (C=O) groups excluding carboxylic acids is 1. The van der Waals surface area contributed by atoms with Crippen LogP contribution in [-0.4, -0.2) is 13.4 Å². The Hall–Kier alpha value is -2.09. The van der Waals surface area contributed by atoms with Crippen molar-refractivity contribution in [3.8, 4) is 5.75 Å². The Labute approximate surface area is 107 Å². The normalized spacial score (nSPS) is 11.8. The number of aldehydes is 1. The summed E-state index contributed by atoms with van der Waals surface area (Å²) in [5.74, 6) is 0.481. The lowest BCUT2D eigenvalue weighted by Crippen LogP contribution is -2.04. The van der Waals surface area contributed by atoms with E-state index in [9.17, 15) is 4.79 Å². The van der Waals surface area contributed by atoms with Crippen molar-refractivity contribution >= 4 is 6.29 Å². The first kappa shape index (κ1) is 12.4. The molecule has 91 valence electrons. The summed E-state index contributed by atoms with van der Waals surface area (Å²) in [6.07, 6.45) is 1.66. The van der Waals surface area contributed by atoms with Gasteiger partial charge in [-0.2, -0.15) is 0 Å². The molecule has 1 atom stereocenters. The maximum atomic E-state index is 11.2. The predicted molar refractivity (Wildman–Crippen MR) is 70.8 cm³/mol. The quantitative estimate of drug-likeness (QED) is 0.750. The van der Waals surface area contributed by atoms with Crippen molar-refractivity contribution < 1.29 is 9.53 Å². The number of rotatable bonds is 5. The average molecular weight is 239 g/mol. The third kappa shape index (κ3) is 2.98. The van der Waals surface area contributed by atoms with E-state index in [-0.39, 0.29) is 5.92 Å². The van der Waals surface area contributed by atoms with Crippen molar-refractivity contribution in [1.29, 1.82) is 0 Å². The Bertz CT molecular complexity index is 506. The summed E-state index contributed by atoms with van der Waals surface area (Å²) >= 11 is 0. The number of hydrogen-bond donors (Lipinski definition) is 0. The van der Waals surface area contributed by atoms with E-state index in [2.05, 4.69) is 6.07 Å². The second-order valence-electron chi connectivity index (χ2n) is 4.11. The zero-order valence-corrected chi connectivity index (χ0v) is 10.3. The van der Waals surface area contributed by atoms with Gasteiger partial charge in [0.2, 0.25) is 0 Å². The third-order valence-corrected chi connectivity index (χ3v) is 2.87. The van der Waals surface area contributed by atoms with Gasteiger partial charge >= 0.3 is 0 Å². The number of carbonyl (C=O) groups is 1.